The summed E-state index contributed by atoms with van der Waals surface area (Å²) >= 11 is 11.8. The van der Waals surface area contributed by atoms with Crippen molar-refractivity contribution in [2.45, 2.75) is 19.4 Å². The largest absolute Gasteiger partial charge is 0.452 e. The highest BCUT2D eigenvalue weighted by Crippen LogP contribution is 2.24. The minimum atomic E-state index is -0.969. The van der Waals surface area contributed by atoms with Gasteiger partial charge in [-0.15, -0.1) is 0 Å². The Hall–Kier alpha value is -1.26. The second-order valence-corrected chi connectivity index (χ2v) is 4.23. The van der Waals surface area contributed by atoms with Crippen LogP contribution in [-0.2, 0) is 20.7 Å². The van der Waals surface area contributed by atoms with Crippen LogP contribution in [0.3, 0.4) is 0 Å². The van der Waals surface area contributed by atoms with Crippen LogP contribution in [-0.4, -0.2) is 18.0 Å². The first-order chi connectivity index (χ1) is 7.91. The second-order valence-electron chi connectivity index (χ2n) is 3.41. The zero-order valence-electron chi connectivity index (χ0n) is 9.07. The molecule has 1 amide bonds. The zero-order chi connectivity index (χ0) is 13.0. The van der Waals surface area contributed by atoms with Crippen molar-refractivity contribution in [1.29, 1.82) is 0 Å². The number of hydrogen-bond acceptors (Lipinski definition) is 3. The Morgan fingerprint density at radius 1 is 1.35 bits per heavy atom. The Kier molecular flexibility index (Phi) is 4.78. The first kappa shape index (κ1) is 13.8. The van der Waals surface area contributed by atoms with Gasteiger partial charge in [-0.25, -0.2) is 0 Å². The van der Waals surface area contributed by atoms with Crippen molar-refractivity contribution in [1.82, 2.24) is 0 Å². The first-order valence-electron chi connectivity index (χ1n) is 4.83. The normalized spacial score (nSPS) is 11.9. The molecule has 0 unspecified atom stereocenters. The smallest absolute Gasteiger partial charge is 0.311 e. The van der Waals surface area contributed by atoms with Gasteiger partial charge in [-0.2, -0.15) is 0 Å². The molecule has 1 aromatic rings. The molecule has 0 aliphatic rings. The molecule has 0 saturated heterocycles. The summed E-state index contributed by atoms with van der Waals surface area (Å²) in [4.78, 5) is 22.2. The third-order valence-corrected chi connectivity index (χ3v) is 2.80. The number of ether oxygens (including phenoxy) is 1. The molecule has 0 aliphatic carbocycles. The average molecular weight is 276 g/mol. The number of nitrogens with two attached hydrogens (primary N) is 1. The lowest BCUT2D eigenvalue weighted by atomic mass is 10.1. The van der Waals surface area contributed by atoms with Crippen LogP contribution in [0.2, 0.25) is 10.0 Å². The van der Waals surface area contributed by atoms with Gasteiger partial charge in [-0.3, -0.25) is 9.59 Å². The molecule has 0 heterocycles. The summed E-state index contributed by atoms with van der Waals surface area (Å²) in [5.74, 6) is -1.31. The third kappa shape index (κ3) is 3.91. The molecule has 0 fully saturated rings. The highest BCUT2D eigenvalue weighted by molar-refractivity contribution is 6.36. The Morgan fingerprint density at radius 3 is 2.35 bits per heavy atom. The van der Waals surface area contributed by atoms with Crippen LogP contribution in [0, 0.1) is 0 Å². The molecule has 92 valence electrons. The average Bonchev–Trinajstić information content (AvgIpc) is 2.23. The molecule has 0 aromatic heterocycles. The van der Waals surface area contributed by atoms with E-state index >= 15 is 0 Å². The molecule has 1 rings (SSSR count). The van der Waals surface area contributed by atoms with Crippen LogP contribution in [0.1, 0.15) is 12.5 Å². The number of amides is 1. The summed E-state index contributed by atoms with van der Waals surface area (Å²) in [5.41, 5.74) is 5.44. The Morgan fingerprint density at radius 2 is 1.88 bits per heavy atom. The Labute approximate surface area is 109 Å². The summed E-state index contributed by atoms with van der Waals surface area (Å²) in [5, 5.41) is 0.752. The monoisotopic (exact) mass is 275 g/mol. The maximum atomic E-state index is 11.5. The molecule has 6 heteroatoms. The van der Waals surface area contributed by atoms with E-state index in [9.17, 15) is 9.59 Å². The van der Waals surface area contributed by atoms with Gasteiger partial charge in [-0.1, -0.05) is 29.3 Å². The number of carbonyl (C=O) groups excluding carboxylic acids is 2. The van der Waals surface area contributed by atoms with E-state index in [1.54, 1.807) is 18.2 Å². The minimum Gasteiger partial charge on any atom is -0.452 e. The molecule has 1 atom stereocenters. The Balaban J connectivity index is 2.72. The number of primary amides is 1. The van der Waals surface area contributed by atoms with E-state index in [2.05, 4.69) is 0 Å². The zero-order valence-corrected chi connectivity index (χ0v) is 10.6. The summed E-state index contributed by atoms with van der Waals surface area (Å²) in [7, 11) is 0. The molecule has 0 bridgehead atoms. The molecule has 0 spiro atoms. The lowest BCUT2D eigenvalue weighted by Gasteiger charge is -2.10. The van der Waals surface area contributed by atoms with Gasteiger partial charge in [0.05, 0.1) is 6.42 Å². The van der Waals surface area contributed by atoms with E-state index in [1.165, 1.54) is 6.92 Å². The number of carbonyl (C=O) groups is 2. The highest BCUT2D eigenvalue weighted by Gasteiger charge is 2.17. The van der Waals surface area contributed by atoms with Crippen molar-refractivity contribution < 1.29 is 14.3 Å². The van der Waals surface area contributed by atoms with Gasteiger partial charge >= 0.3 is 5.97 Å². The topological polar surface area (TPSA) is 69.4 Å². The number of esters is 1. The van der Waals surface area contributed by atoms with E-state index in [1.807, 2.05) is 0 Å². The third-order valence-electron chi connectivity index (χ3n) is 2.09. The van der Waals surface area contributed by atoms with Crippen molar-refractivity contribution in [3.05, 3.63) is 33.8 Å². The van der Waals surface area contributed by atoms with E-state index in [-0.39, 0.29) is 6.42 Å². The molecule has 1 aromatic carbocycles. The molecule has 0 aliphatic heterocycles. The van der Waals surface area contributed by atoms with Gasteiger partial charge in [0.1, 0.15) is 0 Å². The van der Waals surface area contributed by atoms with Crippen LogP contribution in [0.4, 0.5) is 0 Å². The minimum absolute atomic E-state index is 0.101. The molecular formula is C11H11Cl2NO3. The lowest BCUT2D eigenvalue weighted by Crippen LogP contribution is -2.31. The number of benzene rings is 1. The number of hydrogen-bond donors (Lipinski definition) is 1. The van der Waals surface area contributed by atoms with Crippen molar-refractivity contribution >= 4 is 35.1 Å². The molecule has 2 N–H and O–H groups in total. The van der Waals surface area contributed by atoms with Gasteiger partial charge in [0.2, 0.25) is 0 Å². The van der Waals surface area contributed by atoms with Crippen LogP contribution in [0.5, 0.6) is 0 Å². The molecule has 0 radical (unpaired) electrons. The van der Waals surface area contributed by atoms with Gasteiger partial charge in [-0.05, 0) is 19.1 Å². The van der Waals surface area contributed by atoms with Crippen LogP contribution >= 0.6 is 23.2 Å². The van der Waals surface area contributed by atoms with Crippen molar-refractivity contribution in [2.24, 2.45) is 5.73 Å². The first-order valence-corrected chi connectivity index (χ1v) is 5.59. The van der Waals surface area contributed by atoms with E-state index in [4.69, 9.17) is 33.7 Å². The quantitative estimate of drug-likeness (QED) is 0.854. The van der Waals surface area contributed by atoms with Crippen molar-refractivity contribution in [3.8, 4) is 0 Å². The lowest BCUT2D eigenvalue weighted by molar-refractivity contribution is -0.153. The second kappa shape index (κ2) is 5.89. The highest BCUT2D eigenvalue weighted by atomic mass is 35.5. The fourth-order valence-corrected chi connectivity index (χ4v) is 1.67. The molecule has 4 nitrogen and oxygen atoms in total. The summed E-state index contributed by atoms with van der Waals surface area (Å²) in [6, 6.07) is 4.91. The molecule has 0 saturated carbocycles. The fraction of sp³-hybridized carbons (Fsp3) is 0.273. The number of halogens is 2. The van der Waals surface area contributed by atoms with Crippen LogP contribution < -0.4 is 5.73 Å². The van der Waals surface area contributed by atoms with Crippen molar-refractivity contribution in [3.63, 3.8) is 0 Å². The maximum absolute atomic E-state index is 11.5. The van der Waals surface area contributed by atoms with Crippen LogP contribution in [0.15, 0.2) is 18.2 Å². The van der Waals surface area contributed by atoms with E-state index < -0.39 is 18.0 Å². The van der Waals surface area contributed by atoms with Gasteiger partial charge < -0.3 is 10.5 Å². The summed E-state index contributed by atoms with van der Waals surface area (Å²) < 4.78 is 4.79. The summed E-state index contributed by atoms with van der Waals surface area (Å²) in [6.45, 7) is 1.40. The van der Waals surface area contributed by atoms with Gasteiger partial charge in [0.15, 0.2) is 6.10 Å². The predicted molar refractivity (Wildman–Crippen MR) is 64.9 cm³/mol. The summed E-state index contributed by atoms with van der Waals surface area (Å²) in [6.07, 6.45) is -1.07. The van der Waals surface area contributed by atoms with Gasteiger partial charge in [0, 0.05) is 15.6 Å². The van der Waals surface area contributed by atoms with Gasteiger partial charge in [0.25, 0.3) is 5.91 Å². The maximum Gasteiger partial charge on any atom is 0.311 e. The van der Waals surface area contributed by atoms with Crippen molar-refractivity contribution in [2.75, 3.05) is 0 Å². The van der Waals surface area contributed by atoms with E-state index in [0.717, 1.165) is 0 Å². The fourth-order valence-electron chi connectivity index (χ4n) is 1.14. The molecule has 17 heavy (non-hydrogen) atoms. The van der Waals surface area contributed by atoms with Crippen LogP contribution in [0.25, 0.3) is 0 Å². The molecular weight excluding hydrogens is 265 g/mol. The standard InChI is InChI=1S/C11H11Cl2NO3/c1-6(11(14)16)17-10(15)5-7-8(12)3-2-4-9(7)13/h2-4,6H,5H2,1H3,(H2,14,16)/t6-/m1/s1. The SMILES string of the molecule is C[C@@H](OC(=O)Cc1c(Cl)cccc1Cl)C(N)=O. The predicted octanol–water partition coefficient (Wildman–Crippen LogP) is 1.95. The number of rotatable bonds is 4. The Bertz CT molecular complexity index is 428. The van der Waals surface area contributed by atoms with E-state index in [0.29, 0.717) is 15.6 Å².